The zero-order valence-electron chi connectivity index (χ0n) is 11.6. The summed E-state index contributed by atoms with van der Waals surface area (Å²) in [5.41, 5.74) is -0.758. The summed E-state index contributed by atoms with van der Waals surface area (Å²) in [7, 11) is 0. The van der Waals surface area contributed by atoms with E-state index in [1.807, 2.05) is 18.4 Å². The van der Waals surface area contributed by atoms with Crippen LogP contribution >= 0.6 is 11.8 Å². The molecular formula is C14H19NO3S. The number of hydrogen-bond acceptors (Lipinski definition) is 3. The lowest BCUT2D eigenvalue weighted by atomic mass is 9.89. The molecule has 104 valence electrons. The van der Waals surface area contributed by atoms with Crippen molar-refractivity contribution >= 4 is 24.1 Å². The molecule has 1 aromatic rings. The van der Waals surface area contributed by atoms with Crippen molar-refractivity contribution in [3.8, 4) is 0 Å². The Morgan fingerprint density at radius 2 is 1.89 bits per heavy atom. The highest BCUT2D eigenvalue weighted by Crippen LogP contribution is 2.30. The second kappa shape index (κ2) is 6.10. The highest BCUT2D eigenvalue weighted by molar-refractivity contribution is 7.98. The third-order valence-electron chi connectivity index (χ3n) is 3.25. The molecule has 0 spiro atoms. The minimum atomic E-state index is -1.35. The number of carboxylic acid groups (broad SMARTS) is 1. The summed E-state index contributed by atoms with van der Waals surface area (Å²) in [4.78, 5) is 25.3. The van der Waals surface area contributed by atoms with Crippen molar-refractivity contribution in [2.45, 2.75) is 37.2 Å². The van der Waals surface area contributed by atoms with Crippen LogP contribution in [0.5, 0.6) is 0 Å². The summed E-state index contributed by atoms with van der Waals surface area (Å²) >= 11 is 1.59. The molecule has 0 aliphatic carbocycles. The van der Waals surface area contributed by atoms with Crippen molar-refractivity contribution < 1.29 is 14.7 Å². The Labute approximate surface area is 117 Å². The Kier molecular flexibility index (Phi) is 5.00. The van der Waals surface area contributed by atoms with E-state index >= 15 is 0 Å². The fourth-order valence-corrected chi connectivity index (χ4v) is 2.45. The first kappa shape index (κ1) is 15.6. The lowest BCUT2D eigenvalue weighted by Gasteiger charge is -2.38. The molecule has 0 aliphatic rings. The lowest BCUT2D eigenvalue weighted by Crippen LogP contribution is -2.52. The fourth-order valence-electron chi connectivity index (χ4n) is 2.04. The van der Waals surface area contributed by atoms with Crippen molar-refractivity contribution in [1.29, 1.82) is 0 Å². The Hall–Kier alpha value is -1.49. The molecular weight excluding hydrogens is 262 g/mol. The van der Waals surface area contributed by atoms with Crippen LogP contribution in [0.3, 0.4) is 0 Å². The van der Waals surface area contributed by atoms with Crippen molar-refractivity contribution in [3.63, 3.8) is 0 Å². The molecule has 1 rings (SSSR count). The molecule has 4 nitrogen and oxygen atoms in total. The number of carboxylic acids is 1. The predicted molar refractivity (Wildman–Crippen MR) is 76.2 cm³/mol. The minimum Gasteiger partial charge on any atom is -0.479 e. The van der Waals surface area contributed by atoms with Gasteiger partial charge in [-0.05, 0) is 44.7 Å². The van der Waals surface area contributed by atoms with Gasteiger partial charge in [-0.15, -0.1) is 11.8 Å². The number of thioether (sulfide) groups is 1. The average Bonchev–Trinajstić information content (AvgIpc) is 2.38. The lowest BCUT2D eigenvalue weighted by molar-refractivity contribution is -0.156. The van der Waals surface area contributed by atoms with Crippen LogP contribution in [0.2, 0.25) is 0 Å². The van der Waals surface area contributed by atoms with E-state index in [0.717, 1.165) is 4.90 Å². The van der Waals surface area contributed by atoms with E-state index in [2.05, 4.69) is 0 Å². The van der Waals surface area contributed by atoms with Gasteiger partial charge < -0.3 is 10.0 Å². The summed E-state index contributed by atoms with van der Waals surface area (Å²) < 4.78 is 0. The van der Waals surface area contributed by atoms with E-state index in [0.29, 0.717) is 12.0 Å². The summed E-state index contributed by atoms with van der Waals surface area (Å²) in [6.45, 7) is 5.15. The summed E-state index contributed by atoms with van der Waals surface area (Å²) in [6.07, 6.45) is 2.55. The van der Waals surface area contributed by atoms with E-state index in [-0.39, 0.29) is 6.04 Å². The third kappa shape index (κ3) is 2.92. The molecule has 19 heavy (non-hydrogen) atoms. The molecule has 0 aliphatic heterocycles. The van der Waals surface area contributed by atoms with Crippen LogP contribution in [0.15, 0.2) is 29.2 Å². The third-order valence-corrected chi connectivity index (χ3v) is 4.00. The van der Waals surface area contributed by atoms with Gasteiger partial charge in [-0.1, -0.05) is 12.1 Å². The second-order valence-electron chi connectivity index (χ2n) is 4.71. The fraction of sp³-hybridized carbons (Fsp3) is 0.429. The summed E-state index contributed by atoms with van der Waals surface area (Å²) in [6, 6.07) is 7.06. The Morgan fingerprint density at radius 1 is 1.37 bits per heavy atom. The van der Waals surface area contributed by atoms with Gasteiger partial charge in [-0.3, -0.25) is 4.79 Å². The molecule has 0 saturated heterocycles. The maximum Gasteiger partial charge on any atom is 0.334 e. The Morgan fingerprint density at radius 3 is 2.21 bits per heavy atom. The molecule has 0 heterocycles. The predicted octanol–water partition coefficient (Wildman–Crippen LogP) is 2.58. The van der Waals surface area contributed by atoms with Crippen LogP contribution in [0, 0.1) is 0 Å². The highest BCUT2D eigenvalue weighted by Gasteiger charge is 2.42. The van der Waals surface area contributed by atoms with Gasteiger partial charge in [0.15, 0.2) is 5.54 Å². The average molecular weight is 281 g/mol. The number of hydrogen-bond donors (Lipinski definition) is 1. The standard InChI is InChI=1S/C14H19NO3S/c1-10(2)15(9-16)14(3,13(17)18)11-5-7-12(19-4)8-6-11/h5-10H,1-4H3,(H,17,18). The quantitative estimate of drug-likeness (QED) is 0.643. The number of carbonyl (C=O) groups excluding carboxylic acids is 1. The van der Waals surface area contributed by atoms with Crippen LogP contribution in [0.1, 0.15) is 26.3 Å². The zero-order valence-corrected chi connectivity index (χ0v) is 12.4. The van der Waals surface area contributed by atoms with Gasteiger partial charge in [0, 0.05) is 10.9 Å². The summed E-state index contributed by atoms with van der Waals surface area (Å²) in [5.74, 6) is -1.04. The normalized spacial score (nSPS) is 13.9. The van der Waals surface area contributed by atoms with Gasteiger partial charge in [0.1, 0.15) is 0 Å². The number of aliphatic carboxylic acids is 1. The van der Waals surface area contributed by atoms with Crippen molar-refractivity contribution in [3.05, 3.63) is 29.8 Å². The van der Waals surface area contributed by atoms with Gasteiger partial charge in [-0.25, -0.2) is 4.79 Å². The van der Waals surface area contributed by atoms with Crippen LogP contribution < -0.4 is 0 Å². The van der Waals surface area contributed by atoms with Crippen LogP contribution in [0.25, 0.3) is 0 Å². The van der Waals surface area contributed by atoms with Crippen LogP contribution in [-0.4, -0.2) is 34.7 Å². The molecule has 0 aromatic heterocycles. The molecule has 1 unspecified atom stereocenters. The first-order valence-corrected chi connectivity index (χ1v) is 7.22. The number of benzene rings is 1. The van der Waals surface area contributed by atoms with Crippen LogP contribution in [-0.2, 0) is 15.1 Å². The van der Waals surface area contributed by atoms with E-state index in [9.17, 15) is 14.7 Å². The Balaban J connectivity index is 3.31. The topological polar surface area (TPSA) is 57.6 Å². The van der Waals surface area contributed by atoms with Crippen molar-refractivity contribution in [2.75, 3.05) is 6.26 Å². The second-order valence-corrected chi connectivity index (χ2v) is 5.59. The summed E-state index contributed by atoms with van der Waals surface area (Å²) in [5, 5.41) is 9.56. The molecule has 0 bridgehead atoms. The first-order chi connectivity index (χ1) is 8.87. The first-order valence-electron chi connectivity index (χ1n) is 5.99. The SMILES string of the molecule is CSc1ccc(C(C)(C(=O)O)N(C=O)C(C)C)cc1. The van der Waals surface area contributed by atoms with Gasteiger partial charge in [0.25, 0.3) is 0 Å². The van der Waals surface area contributed by atoms with E-state index in [1.54, 1.807) is 44.7 Å². The number of nitrogens with zero attached hydrogens (tertiary/aromatic N) is 1. The van der Waals surface area contributed by atoms with Gasteiger partial charge >= 0.3 is 5.97 Å². The van der Waals surface area contributed by atoms with Gasteiger partial charge in [0.2, 0.25) is 6.41 Å². The smallest absolute Gasteiger partial charge is 0.334 e. The monoisotopic (exact) mass is 281 g/mol. The molecule has 1 aromatic carbocycles. The molecule has 0 saturated carbocycles. The molecule has 1 amide bonds. The number of amides is 1. The van der Waals surface area contributed by atoms with E-state index in [4.69, 9.17) is 0 Å². The number of carbonyl (C=O) groups is 2. The molecule has 0 radical (unpaired) electrons. The van der Waals surface area contributed by atoms with Crippen molar-refractivity contribution in [2.24, 2.45) is 0 Å². The molecule has 0 fully saturated rings. The molecule has 5 heteroatoms. The largest absolute Gasteiger partial charge is 0.479 e. The maximum atomic E-state index is 11.7. The molecule has 1 atom stereocenters. The molecule has 1 N–H and O–H groups in total. The maximum absolute atomic E-state index is 11.7. The van der Waals surface area contributed by atoms with Crippen molar-refractivity contribution in [1.82, 2.24) is 4.90 Å². The minimum absolute atomic E-state index is 0.196. The van der Waals surface area contributed by atoms with E-state index in [1.165, 1.54) is 4.90 Å². The van der Waals surface area contributed by atoms with Gasteiger partial charge in [0.05, 0.1) is 0 Å². The zero-order chi connectivity index (χ0) is 14.6. The Bertz CT molecular complexity index is 458. The highest BCUT2D eigenvalue weighted by atomic mass is 32.2. The van der Waals surface area contributed by atoms with E-state index < -0.39 is 11.5 Å². The van der Waals surface area contributed by atoms with Crippen LogP contribution in [0.4, 0.5) is 0 Å². The number of rotatable bonds is 6. The van der Waals surface area contributed by atoms with Gasteiger partial charge in [-0.2, -0.15) is 0 Å².